The minimum atomic E-state index is -0.384. The summed E-state index contributed by atoms with van der Waals surface area (Å²) in [7, 11) is 0. The van der Waals surface area contributed by atoms with Gasteiger partial charge in [0.1, 0.15) is 0 Å². The number of rotatable bonds is 4. The molecular formula is C19H29NO. The maximum Gasteiger partial charge on any atom is 0.0774 e. The molecule has 0 spiro atoms. The number of piperidine rings is 1. The second-order valence-electron chi connectivity index (χ2n) is 7.19. The highest BCUT2D eigenvalue weighted by atomic mass is 16.3. The smallest absolute Gasteiger partial charge is 0.0774 e. The molecule has 0 atom stereocenters. The van der Waals surface area contributed by atoms with Gasteiger partial charge in [-0.05, 0) is 56.7 Å². The van der Waals surface area contributed by atoms with E-state index in [1.807, 2.05) is 0 Å². The number of hydrogen-bond acceptors (Lipinski definition) is 2. The summed E-state index contributed by atoms with van der Waals surface area (Å²) in [5.41, 5.74) is 1.09. The molecule has 21 heavy (non-hydrogen) atoms. The highest BCUT2D eigenvalue weighted by molar-refractivity contribution is 5.15. The van der Waals surface area contributed by atoms with Crippen molar-refractivity contribution < 1.29 is 5.11 Å². The lowest BCUT2D eigenvalue weighted by Crippen LogP contribution is -2.47. The predicted octanol–water partition coefficient (Wildman–Crippen LogP) is 3.64. The van der Waals surface area contributed by atoms with Crippen LogP contribution in [0, 0.1) is 5.92 Å². The van der Waals surface area contributed by atoms with E-state index in [2.05, 4.69) is 35.2 Å². The van der Waals surface area contributed by atoms with Gasteiger partial charge >= 0.3 is 0 Å². The molecule has 0 radical (unpaired) electrons. The Balaban J connectivity index is 1.44. The van der Waals surface area contributed by atoms with Crippen molar-refractivity contribution in [2.45, 2.75) is 57.0 Å². The van der Waals surface area contributed by atoms with Crippen LogP contribution in [0.2, 0.25) is 0 Å². The van der Waals surface area contributed by atoms with Gasteiger partial charge in [0.25, 0.3) is 0 Å². The topological polar surface area (TPSA) is 23.5 Å². The third kappa shape index (κ3) is 4.31. The molecule has 2 heteroatoms. The summed E-state index contributed by atoms with van der Waals surface area (Å²) < 4.78 is 0. The Morgan fingerprint density at radius 2 is 1.67 bits per heavy atom. The highest BCUT2D eigenvalue weighted by Crippen LogP contribution is 2.30. The fourth-order valence-corrected chi connectivity index (χ4v) is 4.08. The number of nitrogens with zero attached hydrogens (tertiary/aromatic N) is 1. The van der Waals surface area contributed by atoms with E-state index in [4.69, 9.17) is 0 Å². The van der Waals surface area contributed by atoms with E-state index in [1.54, 1.807) is 0 Å². The zero-order valence-corrected chi connectivity index (χ0v) is 13.1. The van der Waals surface area contributed by atoms with Crippen LogP contribution in [-0.2, 0) is 6.42 Å². The Hall–Kier alpha value is -0.860. The molecule has 1 saturated carbocycles. The second kappa shape index (κ2) is 6.93. The van der Waals surface area contributed by atoms with Gasteiger partial charge in [-0.25, -0.2) is 0 Å². The molecule has 1 aromatic carbocycles. The molecular weight excluding hydrogens is 258 g/mol. The largest absolute Gasteiger partial charge is 0.389 e. The first-order valence-corrected chi connectivity index (χ1v) is 8.72. The molecule has 1 heterocycles. The van der Waals surface area contributed by atoms with Crippen molar-refractivity contribution in [1.29, 1.82) is 0 Å². The number of hydrogen-bond donors (Lipinski definition) is 1. The normalized spacial score (nSPS) is 24.0. The summed E-state index contributed by atoms with van der Waals surface area (Å²) in [6.45, 7) is 3.24. The molecule has 2 aliphatic rings. The summed E-state index contributed by atoms with van der Waals surface area (Å²) in [4.78, 5) is 2.51. The molecule has 2 nitrogen and oxygen atoms in total. The van der Waals surface area contributed by atoms with Gasteiger partial charge < -0.3 is 10.0 Å². The third-order valence-corrected chi connectivity index (χ3v) is 5.38. The fraction of sp³-hybridized carbons (Fsp3) is 0.684. The lowest BCUT2D eigenvalue weighted by molar-refractivity contribution is -0.0326. The Labute approximate surface area is 129 Å². The summed E-state index contributed by atoms with van der Waals surface area (Å²) >= 11 is 0. The van der Waals surface area contributed by atoms with E-state index in [-0.39, 0.29) is 5.60 Å². The van der Waals surface area contributed by atoms with Crippen molar-refractivity contribution in [3.63, 3.8) is 0 Å². The minimum absolute atomic E-state index is 0.384. The second-order valence-corrected chi connectivity index (χ2v) is 7.19. The van der Waals surface area contributed by atoms with E-state index < -0.39 is 0 Å². The molecule has 0 bridgehead atoms. The molecule has 1 N–H and O–H groups in total. The Kier molecular flexibility index (Phi) is 4.97. The zero-order valence-electron chi connectivity index (χ0n) is 13.1. The minimum Gasteiger partial charge on any atom is -0.389 e. The molecule has 0 unspecified atom stereocenters. The van der Waals surface area contributed by atoms with Gasteiger partial charge in [-0.3, -0.25) is 0 Å². The van der Waals surface area contributed by atoms with Gasteiger partial charge in [0.05, 0.1) is 5.60 Å². The van der Waals surface area contributed by atoms with Crippen LogP contribution >= 0.6 is 0 Å². The molecule has 1 aliphatic heterocycles. The van der Waals surface area contributed by atoms with Crippen LogP contribution in [0.15, 0.2) is 30.3 Å². The van der Waals surface area contributed by atoms with Crippen molar-refractivity contribution in [1.82, 2.24) is 4.90 Å². The third-order valence-electron chi connectivity index (χ3n) is 5.38. The zero-order chi connectivity index (χ0) is 14.5. The first-order valence-electron chi connectivity index (χ1n) is 8.72. The maximum absolute atomic E-state index is 10.7. The molecule has 1 aromatic rings. The Morgan fingerprint density at radius 3 is 2.33 bits per heavy atom. The first kappa shape index (κ1) is 15.1. The standard InChI is InChI=1S/C19H29NO/c21-19(11-5-2-6-12-19)16-20-13-9-18(10-14-20)15-17-7-3-1-4-8-17/h1,3-4,7-8,18,21H,2,5-6,9-16H2. The van der Waals surface area contributed by atoms with Crippen LogP contribution in [0.3, 0.4) is 0 Å². The van der Waals surface area contributed by atoms with E-state index >= 15 is 0 Å². The van der Waals surface area contributed by atoms with Crippen LogP contribution in [0.1, 0.15) is 50.5 Å². The van der Waals surface area contributed by atoms with Gasteiger partial charge in [-0.15, -0.1) is 0 Å². The van der Waals surface area contributed by atoms with E-state index in [9.17, 15) is 5.11 Å². The van der Waals surface area contributed by atoms with Gasteiger partial charge in [-0.1, -0.05) is 49.6 Å². The number of aliphatic hydroxyl groups is 1. The van der Waals surface area contributed by atoms with Gasteiger partial charge in [0.15, 0.2) is 0 Å². The summed E-state index contributed by atoms with van der Waals surface area (Å²) in [5, 5.41) is 10.7. The molecule has 1 saturated heterocycles. The lowest BCUT2D eigenvalue weighted by Gasteiger charge is -2.40. The van der Waals surface area contributed by atoms with Crippen molar-refractivity contribution >= 4 is 0 Å². The van der Waals surface area contributed by atoms with Crippen molar-refractivity contribution in [2.24, 2.45) is 5.92 Å². The Morgan fingerprint density at radius 1 is 1.00 bits per heavy atom. The van der Waals surface area contributed by atoms with E-state index in [0.29, 0.717) is 0 Å². The van der Waals surface area contributed by atoms with Crippen LogP contribution in [-0.4, -0.2) is 35.2 Å². The van der Waals surface area contributed by atoms with Gasteiger partial charge in [-0.2, -0.15) is 0 Å². The Bertz CT molecular complexity index is 416. The average Bonchev–Trinajstić information content (AvgIpc) is 2.51. The molecule has 116 valence electrons. The van der Waals surface area contributed by atoms with Crippen LogP contribution < -0.4 is 0 Å². The average molecular weight is 287 g/mol. The van der Waals surface area contributed by atoms with Crippen molar-refractivity contribution in [2.75, 3.05) is 19.6 Å². The maximum atomic E-state index is 10.7. The van der Waals surface area contributed by atoms with Gasteiger partial charge in [0, 0.05) is 6.54 Å². The lowest BCUT2D eigenvalue weighted by atomic mass is 9.83. The molecule has 2 fully saturated rings. The summed E-state index contributed by atoms with van der Waals surface area (Å²) in [6.07, 6.45) is 9.53. The van der Waals surface area contributed by atoms with Crippen molar-refractivity contribution in [3.05, 3.63) is 35.9 Å². The molecule has 1 aliphatic carbocycles. The predicted molar refractivity (Wildman–Crippen MR) is 87.3 cm³/mol. The number of likely N-dealkylation sites (tertiary alicyclic amines) is 1. The molecule has 0 aromatic heterocycles. The monoisotopic (exact) mass is 287 g/mol. The number of benzene rings is 1. The number of β-amino-alcohol motifs (C(OH)–C–C–N with tert-alkyl or cyclic N) is 1. The highest BCUT2D eigenvalue weighted by Gasteiger charge is 2.32. The van der Waals surface area contributed by atoms with Gasteiger partial charge in [0.2, 0.25) is 0 Å². The van der Waals surface area contributed by atoms with E-state index in [1.165, 1.54) is 57.2 Å². The quantitative estimate of drug-likeness (QED) is 0.914. The van der Waals surface area contributed by atoms with Crippen LogP contribution in [0.5, 0.6) is 0 Å². The van der Waals surface area contributed by atoms with Crippen molar-refractivity contribution in [3.8, 4) is 0 Å². The summed E-state index contributed by atoms with van der Waals surface area (Å²) in [6, 6.07) is 10.9. The fourth-order valence-electron chi connectivity index (χ4n) is 4.08. The van der Waals surface area contributed by atoms with Crippen LogP contribution in [0.25, 0.3) is 0 Å². The SMILES string of the molecule is OC1(CN2CCC(Cc3ccccc3)CC2)CCCCC1. The van der Waals surface area contributed by atoms with E-state index in [0.717, 1.165) is 25.3 Å². The molecule has 0 amide bonds. The van der Waals surface area contributed by atoms with Crippen LogP contribution in [0.4, 0.5) is 0 Å². The first-order chi connectivity index (χ1) is 10.2. The molecule has 3 rings (SSSR count). The summed E-state index contributed by atoms with van der Waals surface area (Å²) in [5.74, 6) is 0.824.